The van der Waals surface area contributed by atoms with Crippen LogP contribution in [0.4, 0.5) is 0 Å². The van der Waals surface area contributed by atoms with Crippen molar-refractivity contribution in [2.24, 2.45) is 13.0 Å². The number of aromatic nitrogens is 2. The van der Waals surface area contributed by atoms with Gasteiger partial charge in [0, 0.05) is 34.8 Å². The molecule has 9 heteroatoms. The number of nitrogens with zero attached hydrogens (tertiary/aromatic N) is 3. The third-order valence-corrected chi connectivity index (χ3v) is 10.0. The molecule has 0 N–H and O–H groups in total. The number of fused-ring (bicyclic) bond motifs is 1. The van der Waals surface area contributed by atoms with Gasteiger partial charge >= 0.3 is 5.69 Å². The molecular formula is C31H41N3O5Si. The zero-order chi connectivity index (χ0) is 28.4. The van der Waals surface area contributed by atoms with Crippen molar-refractivity contribution in [1.29, 1.82) is 0 Å². The minimum absolute atomic E-state index is 0.0553. The summed E-state index contributed by atoms with van der Waals surface area (Å²) in [6.07, 6.45) is 2.65. The van der Waals surface area contributed by atoms with E-state index in [4.69, 9.17) is 9.47 Å². The van der Waals surface area contributed by atoms with Crippen molar-refractivity contribution < 1.29 is 19.1 Å². The van der Waals surface area contributed by atoms with Crippen molar-refractivity contribution in [1.82, 2.24) is 14.0 Å². The number of hydrogen-bond donors (Lipinski definition) is 0. The SMILES string of the molecule is Cn1c(=O)n([C@H]2CCC(=O)N(COCC[Si](C)(C)C)C2=O)c2ccc(C3CC(COCc4ccccc4)C3)cc21. The Hall–Kier alpha value is -3.01. The van der Waals surface area contributed by atoms with E-state index in [9.17, 15) is 14.4 Å². The molecule has 8 nitrogen and oxygen atoms in total. The number of aryl methyl sites for hydroxylation is 1. The third-order valence-electron chi connectivity index (χ3n) is 8.30. The first-order valence-corrected chi connectivity index (χ1v) is 18.1. The monoisotopic (exact) mass is 563 g/mol. The van der Waals surface area contributed by atoms with Crippen molar-refractivity contribution in [3.63, 3.8) is 0 Å². The molecule has 1 saturated heterocycles. The number of imidazole rings is 1. The Kier molecular flexibility index (Phi) is 8.44. The minimum Gasteiger partial charge on any atom is -0.376 e. The Bertz CT molecular complexity index is 1420. The van der Waals surface area contributed by atoms with Crippen LogP contribution >= 0.6 is 0 Å². The smallest absolute Gasteiger partial charge is 0.329 e. The second-order valence-corrected chi connectivity index (χ2v) is 18.2. The molecule has 2 aliphatic rings. The summed E-state index contributed by atoms with van der Waals surface area (Å²) in [7, 11) is 0.470. The van der Waals surface area contributed by atoms with E-state index < -0.39 is 14.1 Å². The van der Waals surface area contributed by atoms with Crippen molar-refractivity contribution >= 4 is 30.9 Å². The number of carbonyl (C=O) groups excluding carboxylic acids is 2. The molecule has 2 heterocycles. The minimum atomic E-state index is -1.28. The Morgan fingerprint density at radius 1 is 0.950 bits per heavy atom. The molecule has 214 valence electrons. The molecule has 0 bridgehead atoms. The molecule has 1 aliphatic heterocycles. The Labute approximate surface area is 236 Å². The van der Waals surface area contributed by atoms with Gasteiger partial charge in [0.15, 0.2) is 0 Å². The van der Waals surface area contributed by atoms with E-state index in [1.807, 2.05) is 24.3 Å². The highest BCUT2D eigenvalue weighted by molar-refractivity contribution is 6.76. The third kappa shape index (κ3) is 6.16. The van der Waals surface area contributed by atoms with E-state index >= 15 is 0 Å². The van der Waals surface area contributed by atoms with Crippen LogP contribution in [-0.4, -0.2) is 53.9 Å². The number of piperidine rings is 1. The van der Waals surface area contributed by atoms with Gasteiger partial charge in [0.1, 0.15) is 12.8 Å². The van der Waals surface area contributed by atoms with E-state index in [0.717, 1.165) is 36.5 Å². The number of imide groups is 1. The van der Waals surface area contributed by atoms with E-state index in [1.54, 1.807) is 16.2 Å². The van der Waals surface area contributed by atoms with Gasteiger partial charge < -0.3 is 9.47 Å². The van der Waals surface area contributed by atoms with Crippen molar-refractivity contribution in [2.45, 2.75) is 69.9 Å². The lowest BCUT2D eigenvalue weighted by Gasteiger charge is -2.35. The first kappa shape index (κ1) is 28.5. The number of ether oxygens (including phenoxy) is 2. The highest BCUT2D eigenvalue weighted by Gasteiger charge is 2.38. The van der Waals surface area contributed by atoms with Gasteiger partial charge in [-0.15, -0.1) is 0 Å². The average molecular weight is 564 g/mol. The standard InChI is InChI=1S/C31H41N3O5Si/c1-32-28-18-24(25-16-23(17-25)20-39-19-22-8-6-5-7-9-22)10-11-26(28)34(31(32)37)27-12-13-29(35)33(30(27)36)21-38-14-15-40(2,3)4/h5-11,18,23,25,27H,12-17,19-21H2,1-4H3/t23?,25?,27-/m0/s1. The quantitative estimate of drug-likeness (QED) is 0.185. The predicted octanol–water partition coefficient (Wildman–Crippen LogP) is 5.05. The molecule has 2 amide bonds. The topological polar surface area (TPSA) is 82.8 Å². The van der Waals surface area contributed by atoms with Gasteiger partial charge in [-0.2, -0.15) is 0 Å². The molecule has 1 saturated carbocycles. The van der Waals surface area contributed by atoms with Gasteiger partial charge in [0.05, 0.1) is 17.6 Å². The van der Waals surface area contributed by atoms with Crippen LogP contribution in [0.1, 0.15) is 48.8 Å². The predicted molar refractivity (Wildman–Crippen MR) is 158 cm³/mol. The summed E-state index contributed by atoms with van der Waals surface area (Å²) in [6, 6.07) is 16.6. The lowest BCUT2D eigenvalue weighted by Crippen LogP contribution is -2.48. The van der Waals surface area contributed by atoms with Crippen LogP contribution in [0.3, 0.4) is 0 Å². The molecule has 0 spiro atoms. The fraction of sp³-hybridized carbons (Fsp3) is 0.516. The summed E-state index contributed by atoms with van der Waals surface area (Å²) in [5.41, 5.74) is 3.70. The highest BCUT2D eigenvalue weighted by Crippen LogP contribution is 2.42. The van der Waals surface area contributed by atoms with Gasteiger partial charge in [0.25, 0.3) is 5.91 Å². The lowest BCUT2D eigenvalue weighted by atomic mass is 9.72. The van der Waals surface area contributed by atoms with Gasteiger partial charge in [-0.1, -0.05) is 56.0 Å². The molecule has 3 aromatic rings. The van der Waals surface area contributed by atoms with Crippen LogP contribution < -0.4 is 5.69 Å². The Morgan fingerprint density at radius 2 is 1.70 bits per heavy atom. The van der Waals surface area contributed by atoms with Gasteiger partial charge in [0.2, 0.25) is 5.91 Å². The second kappa shape index (κ2) is 11.8. The van der Waals surface area contributed by atoms with Gasteiger partial charge in [-0.25, -0.2) is 4.79 Å². The van der Waals surface area contributed by atoms with Crippen LogP contribution in [0, 0.1) is 5.92 Å². The molecule has 0 unspecified atom stereocenters. The van der Waals surface area contributed by atoms with Crippen molar-refractivity contribution in [3.05, 3.63) is 70.1 Å². The van der Waals surface area contributed by atoms with Crippen LogP contribution in [0.25, 0.3) is 11.0 Å². The Balaban J connectivity index is 1.24. The zero-order valence-corrected chi connectivity index (χ0v) is 25.1. The highest BCUT2D eigenvalue weighted by atomic mass is 28.3. The maximum atomic E-state index is 13.4. The van der Waals surface area contributed by atoms with E-state index in [1.165, 1.54) is 16.0 Å². The van der Waals surface area contributed by atoms with Crippen LogP contribution in [0.2, 0.25) is 25.7 Å². The van der Waals surface area contributed by atoms with E-state index in [2.05, 4.69) is 43.9 Å². The average Bonchev–Trinajstić information content (AvgIpc) is 3.14. The summed E-state index contributed by atoms with van der Waals surface area (Å²) in [4.78, 5) is 40.6. The summed E-state index contributed by atoms with van der Waals surface area (Å²) in [5, 5.41) is 0. The van der Waals surface area contributed by atoms with Crippen molar-refractivity contribution in [2.75, 3.05) is 19.9 Å². The maximum absolute atomic E-state index is 13.4. The summed E-state index contributed by atoms with van der Waals surface area (Å²) < 4.78 is 14.9. The zero-order valence-electron chi connectivity index (χ0n) is 24.1. The summed E-state index contributed by atoms with van der Waals surface area (Å²) in [6.45, 7) is 8.63. The second-order valence-electron chi connectivity index (χ2n) is 12.6. The Morgan fingerprint density at radius 3 is 2.42 bits per heavy atom. The number of rotatable bonds is 11. The number of hydrogen-bond acceptors (Lipinski definition) is 5. The fourth-order valence-corrected chi connectivity index (χ4v) is 6.48. The first-order valence-electron chi connectivity index (χ1n) is 14.4. The molecule has 1 atom stereocenters. The molecular weight excluding hydrogens is 522 g/mol. The fourth-order valence-electron chi connectivity index (χ4n) is 5.73. The van der Waals surface area contributed by atoms with Crippen LogP contribution in [-0.2, 0) is 32.7 Å². The van der Waals surface area contributed by atoms with Crippen LogP contribution in [0.15, 0.2) is 53.3 Å². The summed E-state index contributed by atoms with van der Waals surface area (Å²) in [5.74, 6) is 0.373. The normalized spacial score (nSPS) is 21.7. The number of carbonyl (C=O) groups is 2. The molecule has 1 aliphatic carbocycles. The largest absolute Gasteiger partial charge is 0.376 e. The number of benzene rings is 2. The molecule has 2 fully saturated rings. The van der Waals surface area contributed by atoms with Gasteiger partial charge in [-0.3, -0.25) is 23.6 Å². The molecule has 2 aromatic carbocycles. The number of likely N-dealkylation sites (tertiary alicyclic amines) is 1. The van der Waals surface area contributed by atoms with E-state index in [0.29, 0.717) is 31.5 Å². The molecule has 0 radical (unpaired) electrons. The van der Waals surface area contributed by atoms with Crippen molar-refractivity contribution in [3.8, 4) is 0 Å². The summed E-state index contributed by atoms with van der Waals surface area (Å²) >= 11 is 0. The molecule has 40 heavy (non-hydrogen) atoms. The first-order chi connectivity index (χ1) is 19.1. The van der Waals surface area contributed by atoms with Crippen LogP contribution in [0.5, 0.6) is 0 Å². The number of amides is 2. The van der Waals surface area contributed by atoms with Gasteiger partial charge in [-0.05, 0) is 60.4 Å². The van der Waals surface area contributed by atoms with E-state index in [-0.39, 0.29) is 30.7 Å². The molecule has 5 rings (SSSR count). The lowest BCUT2D eigenvalue weighted by molar-refractivity contribution is -0.157. The molecule has 1 aromatic heterocycles. The maximum Gasteiger partial charge on any atom is 0.329 e.